The van der Waals surface area contributed by atoms with E-state index in [0.717, 1.165) is 31.7 Å². The summed E-state index contributed by atoms with van der Waals surface area (Å²) in [7, 11) is 0. The van der Waals surface area contributed by atoms with Crippen LogP contribution in [0.2, 0.25) is 0 Å². The molecular weight excluding hydrogens is 308 g/mol. The molecule has 6 nitrogen and oxygen atoms in total. The first-order chi connectivity index (χ1) is 11.5. The Bertz CT molecular complexity index is 460. The Morgan fingerprint density at radius 1 is 1.04 bits per heavy atom. The summed E-state index contributed by atoms with van der Waals surface area (Å²) in [6.07, 6.45) is 9.00. The second-order valence-electron chi connectivity index (χ2n) is 7.20. The first kappa shape index (κ1) is 18.7. The zero-order valence-electron chi connectivity index (χ0n) is 14.7. The molecule has 6 heteroatoms. The summed E-state index contributed by atoms with van der Waals surface area (Å²) >= 11 is 0. The number of rotatable bonds is 6. The number of hydrogen-bond acceptors (Lipinski definition) is 3. The zero-order valence-corrected chi connectivity index (χ0v) is 14.7. The first-order valence-corrected chi connectivity index (χ1v) is 9.24. The van der Waals surface area contributed by atoms with Crippen molar-refractivity contribution < 1.29 is 19.5 Å². The molecule has 1 atom stereocenters. The molecule has 2 amide bonds. The highest BCUT2D eigenvalue weighted by Gasteiger charge is 2.27. The van der Waals surface area contributed by atoms with Gasteiger partial charge in [-0.05, 0) is 31.6 Å². The molecular formula is C18H30N2O4. The Labute approximate surface area is 144 Å². The molecule has 1 heterocycles. The molecule has 0 bridgehead atoms. The normalized spacial score (nSPS) is 22.2. The van der Waals surface area contributed by atoms with Gasteiger partial charge in [-0.1, -0.05) is 25.7 Å². The van der Waals surface area contributed by atoms with Crippen molar-refractivity contribution in [3.63, 3.8) is 0 Å². The zero-order chi connectivity index (χ0) is 17.5. The molecule has 136 valence electrons. The standard InChI is InChI=1S/C18H30N2O4/c1-14(21)20(13-18(23)24)16-7-4-11-19(12-10-16)17(22)9-8-15-5-2-3-6-15/h15-16H,2-13H2,1H3,(H,23,24). The Morgan fingerprint density at radius 2 is 1.75 bits per heavy atom. The van der Waals surface area contributed by atoms with Crippen LogP contribution in [0.3, 0.4) is 0 Å². The topological polar surface area (TPSA) is 77.9 Å². The summed E-state index contributed by atoms with van der Waals surface area (Å²) in [6, 6.07) is -0.0776. The average Bonchev–Trinajstić information content (AvgIpc) is 2.93. The number of amides is 2. The third-order valence-electron chi connectivity index (χ3n) is 5.44. The summed E-state index contributed by atoms with van der Waals surface area (Å²) in [6.45, 7) is 2.50. The van der Waals surface area contributed by atoms with Crippen molar-refractivity contribution in [1.82, 2.24) is 9.80 Å². The molecule has 2 rings (SSSR count). The van der Waals surface area contributed by atoms with Crippen LogP contribution in [-0.4, -0.2) is 58.4 Å². The second kappa shape index (κ2) is 9.04. The highest BCUT2D eigenvalue weighted by atomic mass is 16.4. The molecule has 0 aromatic heterocycles. The SMILES string of the molecule is CC(=O)N(CC(=O)O)C1CCCN(C(=O)CCC2CCCC2)CC1. The minimum Gasteiger partial charge on any atom is -0.480 e. The van der Waals surface area contributed by atoms with Crippen LogP contribution in [0.25, 0.3) is 0 Å². The number of carbonyl (C=O) groups is 3. The quantitative estimate of drug-likeness (QED) is 0.806. The Morgan fingerprint density at radius 3 is 2.38 bits per heavy atom. The molecule has 24 heavy (non-hydrogen) atoms. The lowest BCUT2D eigenvalue weighted by Gasteiger charge is -2.29. The Balaban J connectivity index is 1.83. The van der Waals surface area contributed by atoms with E-state index in [-0.39, 0.29) is 24.4 Å². The van der Waals surface area contributed by atoms with Gasteiger partial charge in [0.1, 0.15) is 6.54 Å². The lowest BCUT2D eigenvalue weighted by molar-refractivity contribution is -0.145. The number of carboxylic acids is 1. The van der Waals surface area contributed by atoms with Crippen LogP contribution < -0.4 is 0 Å². The van der Waals surface area contributed by atoms with Crippen LogP contribution in [0, 0.1) is 5.92 Å². The molecule has 2 fully saturated rings. The number of carbonyl (C=O) groups excluding carboxylic acids is 2. The van der Waals surface area contributed by atoms with Crippen LogP contribution in [0.1, 0.15) is 64.7 Å². The van der Waals surface area contributed by atoms with Gasteiger partial charge in [-0.25, -0.2) is 0 Å². The number of hydrogen-bond donors (Lipinski definition) is 1. The Hall–Kier alpha value is -1.59. The number of aliphatic carboxylic acids is 1. The van der Waals surface area contributed by atoms with Gasteiger partial charge in [-0.15, -0.1) is 0 Å². The maximum atomic E-state index is 12.4. The summed E-state index contributed by atoms with van der Waals surface area (Å²) in [5.74, 6) is -0.255. The van der Waals surface area contributed by atoms with E-state index in [1.54, 1.807) is 0 Å². The fourth-order valence-electron chi connectivity index (χ4n) is 4.07. The fourth-order valence-corrected chi connectivity index (χ4v) is 4.07. The van der Waals surface area contributed by atoms with E-state index in [0.29, 0.717) is 19.4 Å². The van der Waals surface area contributed by atoms with Gasteiger partial charge in [-0.2, -0.15) is 0 Å². The van der Waals surface area contributed by atoms with E-state index in [2.05, 4.69) is 0 Å². The van der Waals surface area contributed by atoms with Crippen molar-refractivity contribution in [2.75, 3.05) is 19.6 Å². The van der Waals surface area contributed by atoms with Crippen molar-refractivity contribution in [1.29, 1.82) is 0 Å². The first-order valence-electron chi connectivity index (χ1n) is 9.24. The molecule has 2 aliphatic rings. The smallest absolute Gasteiger partial charge is 0.323 e. The minimum absolute atomic E-state index is 0.0776. The molecule has 1 saturated carbocycles. The molecule has 0 spiro atoms. The van der Waals surface area contributed by atoms with Gasteiger partial charge in [0.2, 0.25) is 11.8 Å². The van der Waals surface area contributed by atoms with Gasteiger partial charge in [0.05, 0.1) is 0 Å². The number of likely N-dealkylation sites (tertiary alicyclic amines) is 1. The highest BCUT2D eigenvalue weighted by molar-refractivity contribution is 5.80. The number of nitrogens with zero attached hydrogens (tertiary/aromatic N) is 2. The van der Waals surface area contributed by atoms with E-state index >= 15 is 0 Å². The van der Waals surface area contributed by atoms with Crippen molar-refractivity contribution in [2.24, 2.45) is 5.92 Å². The third kappa shape index (κ3) is 5.49. The molecule has 1 saturated heterocycles. The number of carboxylic acid groups (broad SMARTS) is 1. The van der Waals surface area contributed by atoms with Crippen LogP contribution in [0.15, 0.2) is 0 Å². The molecule has 1 unspecified atom stereocenters. The summed E-state index contributed by atoms with van der Waals surface area (Å²) < 4.78 is 0. The lowest BCUT2D eigenvalue weighted by atomic mass is 10.0. The molecule has 0 aromatic rings. The molecule has 0 radical (unpaired) electrons. The van der Waals surface area contributed by atoms with Gasteiger partial charge in [0.15, 0.2) is 0 Å². The summed E-state index contributed by atoms with van der Waals surface area (Å²) in [4.78, 5) is 38.5. The van der Waals surface area contributed by atoms with Gasteiger partial charge in [0, 0.05) is 32.5 Å². The van der Waals surface area contributed by atoms with Gasteiger partial charge in [0.25, 0.3) is 0 Å². The van der Waals surface area contributed by atoms with Crippen molar-refractivity contribution in [2.45, 2.75) is 70.8 Å². The van der Waals surface area contributed by atoms with E-state index in [1.165, 1.54) is 37.5 Å². The highest BCUT2D eigenvalue weighted by Crippen LogP contribution is 2.29. The second-order valence-corrected chi connectivity index (χ2v) is 7.20. The maximum absolute atomic E-state index is 12.4. The summed E-state index contributed by atoms with van der Waals surface area (Å²) in [5.41, 5.74) is 0. The minimum atomic E-state index is -0.987. The third-order valence-corrected chi connectivity index (χ3v) is 5.44. The van der Waals surface area contributed by atoms with Gasteiger partial charge in [-0.3, -0.25) is 14.4 Å². The molecule has 0 aromatic carbocycles. The summed E-state index contributed by atoms with van der Waals surface area (Å²) in [5, 5.41) is 8.99. The predicted molar refractivity (Wildman–Crippen MR) is 90.4 cm³/mol. The van der Waals surface area contributed by atoms with Crippen LogP contribution in [-0.2, 0) is 14.4 Å². The van der Waals surface area contributed by atoms with E-state index in [9.17, 15) is 14.4 Å². The van der Waals surface area contributed by atoms with Crippen LogP contribution in [0.5, 0.6) is 0 Å². The largest absolute Gasteiger partial charge is 0.480 e. The van der Waals surface area contributed by atoms with E-state index in [1.807, 2.05) is 4.90 Å². The molecule has 1 aliphatic heterocycles. The van der Waals surface area contributed by atoms with Crippen molar-refractivity contribution in [3.05, 3.63) is 0 Å². The molecule has 1 aliphatic carbocycles. The van der Waals surface area contributed by atoms with E-state index in [4.69, 9.17) is 5.11 Å². The van der Waals surface area contributed by atoms with Gasteiger partial charge < -0.3 is 14.9 Å². The monoisotopic (exact) mass is 338 g/mol. The fraction of sp³-hybridized carbons (Fsp3) is 0.833. The lowest BCUT2D eigenvalue weighted by Crippen LogP contribution is -2.43. The maximum Gasteiger partial charge on any atom is 0.323 e. The van der Waals surface area contributed by atoms with E-state index < -0.39 is 5.97 Å². The predicted octanol–water partition coefficient (Wildman–Crippen LogP) is 2.27. The Kier molecular flexibility index (Phi) is 7.06. The van der Waals surface area contributed by atoms with Crippen LogP contribution in [0.4, 0.5) is 0 Å². The van der Waals surface area contributed by atoms with Crippen molar-refractivity contribution >= 4 is 17.8 Å². The van der Waals surface area contributed by atoms with Crippen molar-refractivity contribution in [3.8, 4) is 0 Å². The average molecular weight is 338 g/mol. The van der Waals surface area contributed by atoms with Gasteiger partial charge >= 0.3 is 5.97 Å². The van der Waals surface area contributed by atoms with Crippen LogP contribution >= 0.6 is 0 Å². The molecule has 1 N–H and O–H groups in total.